The van der Waals surface area contributed by atoms with Gasteiger partial charge in [-0.05, 0) is 6.04 Å². The van der Waals surface area contributed by atoms with Crippen LogP contribution >= 0.6 is 0 Å². The molecule has 0 radical (unpaired) electrons. The van der Waals surface area contributed by atoms with Crippen molar-refractivity contribution in [1.29, 1.82) is 0 Å². The Morgan fingerprint density at radius 3 is 2.21 bits per heavy atom. The van der Waals surface area contributed by atoms with E-state index in [0.717, 1.165) is 10.2 Å². The van der Waals surface area contributed by atoms with E-state index in [1.807, 2.05) is 0 Å². The highest BCUT2D eigenvalue weighted by molar-refractivity contribution is 6.08. The normalized spacial score (nSPS) is 13.9. The monoisotopic (exact) mass is 223 g/mol. The number of methoxy groups -OCH3 is 3. The lowest BCUT2D eigenvalue weighted by molar-refractivity contribution is -0.272. The van der Waals surface area contributed by atoms with Gasteiger partial charge in [-0.15, -0.1) is 0 Å². The standard InChI is InChI=1S/C7H17NO5Si/c1-11-5(4-14)7(12-2,13-3)8-6(9)10/h5,8H,4H2,1-3,14H3,(H,9,10). The zero-order valence-electron chi connectivity index (χ0n) is 8.86. The molecule has 0 spiro atoms. The summed E-state index contributed by atoms with van der Waals surface area (Å²) in [6.45, 7) is 0. The molecular weight excluding hydrogens is 206 g/mol. The Morgan fingerprint density at radius 1 is 1.50 bits per heavy atom. The summed E-state index contributed by atoms with van der Waals surface area (Å²) in [5.41, 5.74) is 0. The summed E-state index contributed by atoms with van der Waals surface area (Å²) in [5, 5.41) is 10.8. The Balaban J connectivity index is 4.73. The van der Waals surface area contributed by atoms with Gasteiger partial charge < -0.3 is 19.3 Å². The van der Waals surface area contributed by atoms with Crippen molar-refractivity contribution in [2.24, 2.45) is 0 Å². The Morgan fingerprint density at radius 2 is 2.00 bits per heavy atom. The summed E-state index contributed by atoms with van der Waals surface area (Å²) >= 11 is 0. The lowest BCUT2D eigenvalue weighted by Crippen LogP contribution is -2.59. The summed E-state index contributed by atoms with van der Waals surface area (Å²) in [6, 6.07) is 0.693. The van der Waals surface area contributed by atoms with Gasteiger partial charge in [0, 0.05) is 31.6 Å². The maximum atomic E-state index is 10.6. The average molecular weight is 223 g/mol. The summed E-state index contributed by atoms with van der Waals surface area (Å²) in [4.78, 5) is 10.6. The molecule has 1 amide bonds. The maximum Gasteiger partial charge on any atom is 0.408 e. The van der Waals surface area contributed by atoms with E-state index in [2.05, 4.69) is 5.32 Å². The zero-order chi connectivity index (χ0) is 11.2. The molecule has 1 atom stereocenters. The minimum atomic E-state index is -1.41. The van der Waals surface area contributed by atoms with Crippen LogP contribution in [0.2, 0.25) is 6.04 Å². The molecule has 1 unspecified atom stereocenters. The molecular formula is C7H17NO5Si. The number of amides is 1. The van der Waals surface area contributed by atoms with Gasteiger partial charge in [0.25, 0.3) is 5.91 Å². The van der Waals surface area contributed by atoms with Crippen molar-refractivity contribution < 1.29 is 24.1 Å². The van der Waals surface area contributed by atoms with Crippen LogP contribution in [-0.4, -0.2) is 54.8 Å². The van der Waals surface area contributed by atoms with Gasteiger partial charge in [0.2, 0.25) is 0 Å². The highest BCUT2D eigenvalue weighted by atomic mass is 28.1. The van der Waals surface area contributed by atoms with Gasteiger partial charge in [-0.1, -0.05) is 0 Å². The average Bonchev–Trinajstić information content (AvgIpc) is 2.17. The van der Waals surface area contributed by atoms with Crippen molar-refractivity contribution in [3.63, 3.8) is 0 Å². The number of carboxylic acid groups (broad SMARTS) is 1. The highest BCUT2D eigenvalue weighted by Crippen LogP contribution is 2.18. The Bertz CT molecular complexity index is 181. The first-order valence-electron chi connectivity index (χ1n) is 4.20. The predicted octanol–water partition coefficient (Wildman–Crippen LogP) is -1.00. The van der Waals surface area contributed by atoms with E-state index < -0.39 is 18.1 Å². The minimum absolute atomic E-state index is 0.444. The van der Waals surface area contributed by atoms with Gasteiger partial charge in [-0.3, -0.25) is 5.32 Å². The number of ether oxygens (including phenoxy) is 3. The molecule has 0 bridgehead atoms. The molecule has 0 fully saturated rings. The topological polar surface area (TPSA) is 77.0 Å². The van der Waals surface area contributed by atoms with E-state index >= 15 is 0 Å². The fourth-order valence-electron chi connectivity index (χ4n) is 1.27. The maximum absolute atomic E-state index is 10.6. The third-order valence-corrected chi connectivity index (χ3v) is 2.71. The van der Waals surface area contributed by atoms with E-state index in [0.29, 0.717) is 6.04 Å². The lowest BCUT2D eigenvalue weighted by Gasteiger charge is -2.35. The first kappa shape index (κ1) is 13.4. The highest BCUT2D eigenvalue weighted by Gasteiger charge is 2.40. The van der Waals surface area contributed by atoms with E-state index in [1.54, 1.807) is 0 Å². The molecule has 0 aliphatic heterocycles. The summed E-state index contributed by atoms with van der Waals surface area (Å²) in [5.74, 6) is -1.41. The van der Waals surface area contributed by atoms with Gasteiger partial charge in [-0.2, -0.15) is 0 Å². The first-order chi connectivity index (χ1) is 6.56. The number of nitrogens with one attached hydrogen (secondary N) is 1. The van der Waals surface area contributed by atoms with Gasteiger partial charge >= 0.3 is 6.09 Å². The van der Waals surface area contributed by atoms with Crippen molar-refractivity contribution in [1.82, 2.24) is 5.32 Å². The van der Waals surface area contributed by atoms with Crippen molar-refractivity contribution in [2.45, 2.75) is 18.1 Å². The molecule has 0 heterocycles. The lowest BCUT2D eigenvalue weighted by atomic mass is 10.3. The summed E-state index contributed by atoms with van der Waals surface area (Å²) in [7, 11) is 5.07. The van der Waals surface area contributed by atoms with Crippen LogP contribution < -0.4 is 5.32 Å². The third kappa shape index (κ3) is 2.95. The van der Waals surface area contributed by atoms with Crippen LogP contribution in [0.3, 0.4) is 0 Å². The predicted molar refractivity (Wildman–Crippen MR) is 53.5 cm³/mol. The van der Waals surface area contributed by atoms with Crippen molar-refractivity contribution >= 4 is 16.3 Å². The fourth-order valence-corrected chi connectivity index (χ4v) is 2.14. The van der Waals surface area contributed by atoms with Gasteiger partial charge in [0.1, 0.15) is 6.10 Å². The van der Waals surface area contributed by atoms with Crippen LogP contribution in [0.15, 0.2) is 0 Å². The van der Waals surface area contributed by atoms with Crippen LogP contribution in [-0.2, 0) is 14.2 Å². The van der Waals surface area contributed by atoms with E-state index in [1.165, 1.54) is 21.3 Å². The molecule has 0 saturated heterocycles. The molecule has 84 valence electrons. The Hall–Kier alpha value is -0.633. The summed E-state index contributed by atoms with van der Waals surface area (Å²) in [6.07, 6.45) is -1.66. The van der Waals surface area contributed by atoms with Crippen LogP contribution in [0.4, 0.5) is 4.79 Å². The third-order valence-electron chi connectivity index (χ3n) is 1.97. The second-order valence-corrected chi connectivity index (χ2v) is 3.45. The fraction of sp³-hybridized carbons (Fsp3) is 0.857. The second-order valence-electron chi connectivity index (χ2n) is 2.64. The SMILES string of the molecule is COC(C[SiH3])C(NC(=O)O)(OC)OC. The first-order valence-corrected chi connectivity index (χ1v) is 5.61. The van der Waals surface area contributed by atoms with E-state index in [9.17, 15) is 4.79 Å². The minimum Gasteiger partial charge on any atom is -0.465 e. The van der Waals surface area contributed by atoms with Crippen LogP contribution in [0.5, 0.6) is 0 Å². The summed E-state index contributed by atoms with van der Waals surface area (Å²) < 4.78 is 15.2. The largest absolute Gasteiger partial charge is 0.465 e. The van der Waals surface area contributed by atoms with E-state index in [4.69, 9.17) is 19.3 Å². The molecule has 0 rings (SSSR count). The zero-order valence-corrected chi connectivity index (χ0v) is 10.9. The van der Waals surface area contributed by atoms with Gasteiger partial charge in [0.05, 0.1) is 0 Å². The van der Waals surface area contributed by atoms with Gasteiger partial charge in [0.15, 0.2) is 0 Å². The van der Waals surface area contributed by atoms with Crippen molar-refractivity contribution in [3.8, 4) is 0 Å². The molecule has 6 nitrogen and oxygen atoms in total. The van der Waals surface area contributed by atoms with Crippen LogP contribution in [0.1, 0.15) is 0 Å². The smallest absolute Gasteiger partial charge is 0.408 e. The number of hydrogen-bond acceptors (Lipinski definition) is 4. The Kier molecular flexibility index (Phi) is 5.70. The molecule has 2 N–H and O–H groups in total. The number of carbonyl (C=O) groups is 1. The van der Waals surface area contributed by atoms with Crippen LogP contribution in [0, 0.1) is 0 Å². The van der Waals surface area contributed by atoms with Crippen molar-refractivity contribution in [2.75, 3.05) is 21.3 Å². The molecule has 0 saturated carbocycles. The molecule has 0 aromatic heterocycles. The van der Waals surface area contributed by atoms with Crippen molar-refractivity contribution in [3.05, 3.63) is 0 Å². The Labute approximate surface area is 85.9 Å². The number of hydrogen-bond donors (Lipinski definition) is 2. The molecule has 14 heavy (non-hydrogen) atoms. The molecule has 0 aliphatic rings. The van der Waals surface area contributed by atoms with E-state index in [-0.39, 0.29) is 0 Å². The quantitative estimate of drug-likeness (QED) is 0.446. The molecule has 0 aromatic rings. The van der Waals surface area contributed by atoms with Crippen LogP contribution in [0.25, 0.3) is 0 Å². The molecule has 0 aromatic carbocycles. The number of rotatable bonds is 6. The molecule has 7 heteroatoms. The second kappa shape index (κ2) is 5.97. The molecule has 0 aliphatic carbocycles. The van der Waals surface area contributed by atoms with Gasteiger partial charge in [-0.25, -0.2) is 4.79 Å².